The van der Waals surface area contributed by atoms with Crippen molar-refractivity contribution in [2.24, 2.45) is 0 Å². The van der Waals surface area contributed by atoms with Crippen molar-refractivity contribution in [2.45, 2.75) is 277 Å². The molecule has 0 fully saturated rings. The van der Waals surface area contributed by atoms with Gasteiger partial charge >= 0.3 is 19.8 Å². The zero-order chi connectivity index (χ0) is 52.7. The second-order valence-electron chi connectivity index (χ2n) is 21.4. The van der Waals surface area contributed by atoms with Crippen LogP contribution in [0, 0.1) is 0 Å². The summed E-state index contributed by atoms with van der Waals surface area (Å²) in [6.45, 7) is 4.34. The first kappa shape index (κ1) is 69.7. The predicted octanol–water partition coefficient (Wildman–Crippen LogP) is 18.7. The van der Waals surface area contributed by atoms with Crippen LogP contribution in [-0.4, -0.2) is 74.9 Å². The van der Waals surface area contributed by atoms with Gasteiger partial charge in [-0.1, -0.05) is 242 Å². The van der Waals surface area contributed by atoms with Crippen molar-refractivity contribution in [3.05, 3.63) is 60.8 Å². The average molecular weight is 1030 g/mol. The fourth-order valence-corrected chi connectivity index (χ4v) is 9.16. The molecule has 0 spiro atoms. The van der Waals surface area contributed by atoms with Gasteiger partial charge in [0.05, 0.1) is 27.7 Å². The molecule has 0 heterocycles. The maximum Gasteiger partial charge on any atom is 0.472 e. The maximum absolute atomic E-state index is 12.8. The van der Waals surface area contributed by atoms with E-state index in [1.165, 1.54) is 180 Å². The molecule has 0 saturated heterocycles. The molecule has 72 heavy (non-hydrogen) atoms. The summed E-state index contributed by atoms with van der Waals surface area (Å²) in [6.07, 6.45) is 68.7. The lowest BCUT2D eigenvalue weighted by molar-refractivity contribution is -0.870. The smallest absolute Gasteiger partial charge is 0.462 e. The molecule has 0 rings (SSSR count). The van der Waals surface area contributed by atoms with E-state index in [1.54, 1.807) is 0 Å². The van der Waals surface area contributed by atoms with Crippen LogP contribution in [0.4, 0.5) is 0 Å². The summed E-state index contributed by atoms with van der Waals surface area (Å²) in [5.74, 6) is -0.793. The Balaban J connectivity index is 4.07. The molecule has 2 atom stereocenters. The SMILES string of the molecule is CC/C=C\C/C=C\C/C=C\C/C=C\CCCCCCCCCCCCCCCCCCCCC(=O)OC(COC(=O)CCCCCCCCC/C=C\CCCCCCCC)COP(=O)(O)OCC[N+](C)(C)C. The van der Waals surface area contributed by atoms with Crippen molar-refractivity contribution < 1.29 is 42.1 Å². The van der Waals surface area contributed by atoms with Crippen molar-refractivity contribution in [3.8, 4) is 0 Å². The predicted molar refractivity (Wildman–Crippen MR) is 307 cm³/mol. The molecule has 9 nitrogen and oxygen atoms in total. The molecule has 10 heteroatoms. The van der Waals surface area contributed by atoms with Crippen molar-refractivity contribution in [1.29, 1.82) is 0 Å². The van der Waals surface area contributed by atoms with E-state index in [0.29, 0.717) is 17.4 Å². The highest BCUT2D eigenvalue weighted by atomic mass is 31.2. The Kier molecular flexibility index (Phi) is 51.8. The Morgan fingerprint density at radius 2 is 0.792 bits per heavy atom. The van der Waals surface area contributed by atoms with Gasteiger partial charge in [0.15, 0.2) is 6.10 Å². The number of ether oxygens (including phenoxy) is 2. The fourth-order valence-electron chi connectivity index (χ4n) is 8.41. The Morgan fingerprint density at radius 3 is 1.19 bits per heavy atom. The van der Waals surface area contributed by atoms with Gasteiger partial charge in [-0.2, -0.15) is 0 Å². The zero-order valence-electron chi connectivity index (χ0n) is 47.7. The van der Waals surface area contributed by atoms with E-state index >= 15 is 0 Å². The van der Waals surface area contributed by atoms with Gasteiger partial charge in [-0.05, 0) is 77.0 Å². The van der Waals surface area contributed by atoms with Gasteiger partial charge in [0.1, 0.15) is 19.8 Å². The zero-order valence-corrected chi connectivity index (χ0v) is 48.6. The summed E-state index contributed by atoms with van der Waals surface area (Å²) < 4.78 is 34.6. The molecule has 0 aromatic rings. The molecular weight excluding hydrogens is 918 g/mol. The van der Waals surface area contributed by atoms with Gasteiger partial charge in [0.2, 0.25) is 0 Å². The van der Waals surface area contributed by atoms with Gasteiger partial charge in [-0.25, -0.2) is 4.57 Å². The van der Waals surface area contributed by atoms with E-state index in [-0.39, 0.29) is 32.0 Å². The van der Waals surface area contributed by atoms with Crippen molar-refractivity contribution in [3.63, 3.8) is 0 Å². The van der Waals surface area contributed by atoms with E-state index in [0.717, 1.165) is 57.8 Å². The van der Waals surface area contributed by atoms with Gasteiger partial charge < -0.3 is 18.9 Å². The number of hydrogen-bond acceptors (Lipinski definition) is 7. The third-order valence-corrected chi connectivity index (χ3v) is 14.0. The number of nitrogens with zero attached hydrogens (tertiary/aromatic N) is 1. The van der Waals surface area contributed by atoms with E-state index in [9.17, 15) is 19.0 Å². The van der Waals surface area contributed by atoms with Crippen LogP contribution in [0.15, 0.2) is 60.8 Å². The normalized spacial score (nSPS) is 13.7. The van der Waals surface area contributed by atoms with E-state index < -0.39 is 26.5 Å². The standard InChI is InChI=1S/C62H114NO8P/c1-6-8-10-12-14-16-18-20-22-24-25-26-27-28-29-30-31-32-33-34-35-36-37-39-41-43-45-47-49-51-53-55-62(65)71-60(59-70-72(66,67)69-57-56-63(3,4)5)58-68-61(64)54-52-50-48-46-44-42-40-38-23-21-19-17-15-13-11-9-7-2/h8,10,14,16,20-23,25-26,60H,6-7,9,11-13,15,17-19,24,27-59H2,1-5H3/p+1/b10-8-,16-14-,22-20-,23-21-,26-25-. The molecule has 2 unspecified atom stereocenters. The summed E-state index contributed by atoms with van der Waals surface area (Å²) in [4.78, 5) is 35.7. The third kappa shape index (κ3) is 57.0. The van der Waals surface area contributed by atoms with Crippen LogP contribution < -0.4 is 0 Å². The average Bonchev–Trinajstić information content (AvgIpc) is 3.34. The first-order valence-corrected chi connectivity index (χ1v) is 31.5. The van der Waals surface area contributed by atoms with E-state index in [2.05, 4.69) is 74.6 Å². The summed E-state index contributed by atoms with van der Waals surface area (Å²) in [7, 11) is 1.48. The van der Waals surface area contributed by atoms with Crippen LogP contribution in [0.3, 0.4) is 0 Å². The van der Waals surface area contributed by atoms with Crippen molar-refractivity contribution >= 4 is 19.8 Å². The fraction of sp³-hybridized carbons (Fsp3) is 0.806. The number of unbranched alkanes of at least 4 members (excludes halogenated alkanes) is 31. The Labute approximate surface area is 445 Å². The van der Waals surface area contributed by atoms with Crippen LogP contribution in [0.25, 0.3) is 0 Å². The highest BCUT2D eigenvalue weighted by Crippen LogP contribution is 2.43. The lowest BCUT2D eigenvalue weighted by Gasteiger charge is -2.24. The van der Waals surface area contributed by atoms with Gasteiger partial charge in [0.25, 0.3) is 0 Å². The molecular formula is C62H115NO8P+. The van der Waals surface area contributed by atoms with Gasteiger partial charge in [-0.3, -0.25) is 18.6 Å². The first-order chi connectivity index (χ1) is 35.0. The number of rotatable bonds is 55. The lowest BCUT2D eigenvalue weighted by Crippen LogP contribution is -2.37. The van der Waals surface area contributed by atoms with Crippen LogP contribution in [0.5, 0.6) is 0 Å². The quantitative estimate of drug-likeness (QED) is 0.0211. The molecule has 0 bridgehead atoms. The topological polar surface area (TPSA) is 108 Å². The number of esters is 2. The molecule has 1 N–H and O–H groups in total. The van der Waals surface area contributed by atoms with Gasteiger partial charge in [0, 0.05) is 12.8 Å². The van der Waals surface area contributed by atoms with Crippen molar-refractivity contribution in [2.75, 3.05) is 47.5 Å². The molecule has 0 aromatic carbocycles. The highest BCUT2D eigenvalue weighted by Gasteiger charge is 2.27. The first-order valence-electron chi connectivity index (χ1n) is 30.0. The third-order valence-electron chi connectivity index (χ3n) is 13.0. The molecule has 0 aliphatic rings. The number of hydrogen-bond donors (Lipinski definition) is 1. The number of allylic oxidation sites excluding steroid dienone is 10. The summed E-state index contributed by atoms with van der Waals surface area (Å²) in [5, 5.41) is 0. The van der Waals surface area contributed by atoms with Crippen LogP contribution in [0.2, 0.25) is 0 Å². The molecule has 0 aliphatic heterocycles. The van der Waals surface area contributed by atoms with Gasteiger partial charge in [-0.15, -0.1) is 0 Å². The molecule has 0 aromatic heterocycles. The summed E-state index contributed by atoms with van der Waals surface area (Å²) >= 11 is 0. The second-order valence-corrected chi connectivity index (χ2v) is 22.8. The second kappa shape index (κ2) is 53.5. The minimum atomic E-state index is -4.39. The molecule has 0 radical (unpaired) electrons. The summed E-state index contributed by atoms with van der Waals surface area (Å²) in [5.41, 5.74) is 0. The molecule has 420 valence electrons. The number of carbonyl (C=O) groups excluding carboxylic acids is 2. The van der Waals surface area contributed by atoms with E-state index in [4.69, 9.17) is 18.5 Å². The Bertz CT molecular complexity index is 1400. The molecule has 0 aliphatic carbocycles. The monoisotopic (exact) mass is 1030 g/mol. The van der Waals surface area contributed by atoms with Crippen molar-refractivity contribution in [1.82, 2.24) is 0 Å². The maximum atomic E-state index is 12.8. The molecule has 0 saturated carbocycles. The number of phosphoric acid groups is 1. The van der Waals surface area contributed by atoms with Crippen LogP contribution >= 0.6 is 7.82 Å². The minimum Gasteiger partial charge on any atom is -0.462 e. The van der Waals surface area contributed by atoms with E-state index in [1.807, 2.05) is 21.1 Å². The number of carbonyl (C=O) groups is 2. The number of likely N-dealkylation sites (N-methyl/N-ethyl adjacent to an activating group) is 1. The Morgan fingerprint density at radius 1 is 0.444 bits per heavy atom. The molecule has 0 amide bonds. The summed E-state index contributed by atoms with van der Waals surface area (Å²) in [6, 6.07) is 0. The number of quaternary nitrogens is 1. The number of phosphoric ester groups is 1. The van der Waals surface area contributed by atoms with Crippen LogP contribution in [-0.2, 0) is 32.7 Å². The minimum absolute atomic E-state index is 0.0313. The Hall–Kier alpha value is -2.29. The van der Waals surface area contributed by atoms with Crippen LogP contribution in [0.1, 0.15) is 271 Å². The largest absolute Gasteiger partial charge is 0.472 e. The highest BCUT2D eigenvalue weighted by molar-refractivity contribution is 7.47. The lowest BCUT2D eigenvalue weighted by atomic mass is 10.0.